The van der Waals surface area contributed by atoms with Gasteiger partial charge in [-0.05, 0) is 68.7 Å². The van der Waals surface area contributed by atoms with Gasteiger partial charge in [-0.1, -0.05) is 139 Å². The summed E-state index contributed by atoms with van der Waals surface area (Å²) >= 11 is 0. The van der Waals surface area contributed by atoms with E-state index in [1.807, 2.05) is 6.92 Å². The van der Waals surface area contributed by atoms with Gasteiger partial charge < -0.3 is 0 Å². The molecule has 0 radical (unpaired) electrons. The van der Waals surface area contributed by atoms with E-state index in [9.17, 15) is 14.7 Å². The second kappa shape index (κ2) is 16.9. The zero-order valence-corrected chi connectivity index (χ0v) is 26.6. The minimum atomic E-state index is -4.16. The molecule has 0 bridgehead atoms. The van der Waals surface area contributed by atoms with Crippen LogP contribution in [0.4, 0.5) is 0 Å². The molecular formula is C35H58O3P+. The van der Waals surface area contributed by atoms with Crippen LogP contribution in [-0.2, 0) is 18.3 Å². The molecule has 0 unspecified atom stereocenters. The van der Waals surface area contributed by atoms with E-state index in [-0.39, 0.29) is 0 Å². The Morgan fingerprint density at radius 3 is 1.10 bits per heavy atom. The van der Waals surface area contributed by atoms with Gasteiger partial charge in [0.2, 0.25) is 0 Å². The van der Waals surface area contributed by atoms with Crippen LogP contribution in [0.15, 0.2) is 48.5 Å². The van der Waals surface area contributed by atoms with E-state index in [0.717, 1.165) is 24.0 Å². The monoisotopic (exact) mass is 557 g/mol. The molecule has 0 aromatic heterocycles. The highest BCUT2D eigenvalue weighted by Crippen LogP contribution is 2.66. The van der Waals surface area contributed by atoms with Gasteiger partial charge in [0, 0.05) is 0 Å². The van der Waals surface area contributed by atoms with Crippen LogP contribution in [0.5, 0.6) is 0 Å². The van der Waals surface area contributed by atoms with Gasteiger partial charge in [0.1, 0.15) is 0 Å². The first-order valence-corrected chi connectivity index (χ1v) is 17.5. The molecule has 4 heteroatoms. The molecule has 0 saturated heterocycles. The van der Waals surface area contributed by atoms with E-state index in [0.29, 0.717) is 0 Å². The highest BCUT2D eigenvalue weighted by Gasteiger charge is 2.63. The largest absolute Gasteiger partial charge is 0.410 e. The highest BCUT2D eigenvalue weighted by atomic mass is 31.2. The van der Waals surface area contributed by atoms with Gasteiger partial charge in [0.05, 0.1) is 5.41 Å². The molecule has 3 N–H and O–H groups in total. The molecule has 0 atom stereocenters. The third kappa shape index (κ3) is 9.96. The van der Waals surface area contributed by atoms with Crippen LogP contribution in [0.2, 0.25) is 0 Å². The minimum absolute atomic E-state index is 0.769. The first kappa shape index (κ1) is 34.0. The zero-order chi connectivity index (χ0) is 28.8. The number of hydrogen-bond acceptors (Lipinski definition) is 3. The molecule has 0 saturated carbocycles. The number of rotatable bonds is 20. The normalized spacial score (nSPS) is 12.7. The molecule has 2 aromatic rings. The Bertz CT molecular complexity index is 851. The van der Waals surface area contributed by atoms with Crippen LogP contribution >= 0.6 is 7.94 Å². The van der Waals surface area contributed by atoms with Crippen molar-refractivity contribution in [3.63, 3.8) is 0 Å². The molecular weight excluding hydrogens is 499 g/mol. The average molecular weight is 558 g/mol. The summed E-state index contributed by atoms with van der Waals surface area (Å²) in [5.41, 5.74) is 3.86. The summed E-state index contributed by atoms with van der Waals surface area (Å²) < 4.78 is 0. The molecule has 0 amide bonds. The van der Waals surface area contributed by atoms with Crippen LogP contribution in [0, 0.1) is 0 Å². The first-order chi connectivity index (χ1) is 18.6. The van der Waals surface area contributed by atoms with Crippen LogP contribution in [0.25, 0.3) is 0 Å². The molecule has 2 rings (SSSR count). The summed E-state index contributed by atoms with van der Waals surface area (Å²) in [5, 5.41) is -1.15. The SMILES string of the molecule is CCCCCCCCCc1ccc(C(C)(c2ccc(CCCCCCCCC)cc2)C(C)(C)[P+](O)(O)O)cc1. The molecule has 0 aliphatic rings. The Hall–Kier alpha value is -1.25. The maximum atomic E-state index is 10.6. The summed E-state index contributed by atoms with van der Waals surface area (Å²) in [6, 6.07) is 17.2. The predicted molar refractivity (Wildman–Crippen MR) is 170 cm³/mol. The van der Waals surface area contributed by atoms with E-state index >= 15 is 0 Å². The van der Waals surface area contributed by atoms with Gasteiger partial charge in [-0.15, -0.1) is 0 Å². The molecule has 0 heterocycles. The first-order valence-electron chi connectivity index (χ1n) is 15.8. The minimum Gasteiger partial charge on any atom is -0.192 e. The lowest BCUT2D eigenvalue weighted by Crippen LogP contribution is -2.47. The number of aryl methyl sites for hydroxylation is 2. The number of benzene rings is 2. The molecule has 0 aliphatic heterocycles. The van der Waals surface area contributed by atoms with Crippen molar-refractivity contribution in [1.29, 1.82) is 0 Å². The van der Waals surface area contributed by atoms with E-state index in [1.54, 1.807) is 13.8 Å². The molecule has 0 fully saturated rings. The van der Waals surface area contributed by atoms with Crippen LogP contribution in [0.3, 0.4) is 0 Å². The van der Waals surface area contributed by atoms with Gasteiger partial charge in [0.25, 0.3) is 0 Å². The second-order valence-electron chi connectivity index (χ2n) is 12.4. The van der Waals surface area contributed by atoms with Gasteiger partial charge in [-0.2, -0.15) is 14.7 Å². The highest BCUT2D eigenvalue weighted by molar-refractivity contribution is 7.60. The summed E-state index contributed by atoms with van der Waals surface area (Å²) in [4.78, 5) is 31.7. The third-order valence-electron chi connectivity index (χ3n) is 9.17. The van der Waals surface area contributed by atoms with Crippen LogP contribution < -0.4 is 0 Å². The maximum Gasteiger partial charge on any atom is 0.410 e. The molecule has 2 aromatic carbocycles. The van der Waals surface area contributed by atoms with Gasteiger partial charge in [-0.3, -0.25) is 0 Å². The van der Waals surface area contributed by atoms with E-state index in [4.69, 9.17) is 0 Å². The summed E-state index contributed by atoms with van der Waals surface area (Å²) in [6.45, 7) is 10.1. The van der Waals surface area contributed by atoms with Crippen LogP contribution in [0.1, 0.15) is 147 Å². The van der Waals surface area contributed by atoms with E-state index in [2.05, 4.69) is 62.4 Å². The van der Waals surface area contributed by atoms with Gasteiger partial charge >= 0.3 is 7.94 Å². The Morgan fingerprint density at radius 2 is 0.795 bits per heavy atom. The lowest BCUT2D eigenvalue weighted by atomic mass is 9.67. The summed E-state index contributed by atoms with van der Waals surface area (Å²) in [6.07, 6.45) is 20.4. The third-order valence-corrected chi connectivity index (χ3v) is 11.1. The number of unbranched alkanes of at least 4 members (excludes halogenated alkanes) is 12. The smallest absolute Gasteiger partial charge is 0.192 e. The standard InChI is InChI=1S/C35H58O3P/c1-6-8-10-12-14-16-18-20-30-22-26-32(27-23-30)35(5,34(3,4)39(36,37)38)33-28-24-31(25-29-33)21-19-17-15-13-11-9-7-2/h22-29,36-38H,6-21H2,1-5H3/q+1. The van der Waals surface area contributed by atoms with Crippen LogP contribution in [-0.4, -0.2) is 19.8 Å². The van der Waals surface area contributed by atoms with Crippen molar-refractivity contribution < 1.29 is 14.7 Å². The van der Waals surface area contributed by atoms with Gasteiger partial charge in [0.15, 0.2) is 5.16 Å². The molecule has 0 aliphatic carbocycles. The van der Waals surface area contributed by atoms with Crippen molar-refractivity contribution in [2.75, 3.05) is 0 Å². The van der Waals surface area contributed by atoms with Crippen molar-refractivity contribution >= 4 is 7.94 Å². The lowest BCUT2D eigenvalue weighted by Gasteiger charge is -2.43. The topological polar surface area (TPSA) is 60.7 Å². The van der Waals surface area contributed by atoms with Crippen molar-refractivity contribution in [1.82, 2.24) is 0 Å². The summed E-state index contributed by atoms with van der Waals surface area (Å²) in [7, 11) is -4.16. The average Bonchev–Trinajstić information content (AvgIpc) is 2.91. The molecule has 220 valence electrons. The number of hydrogen-bond donors (Lipinski definition) is 3. The van der Waals surface area contributed by atoms with Crippen molar-refractivity contribution in [2.24, 2.45) is 0 Å². The Balaban J connectivity index is 2.11. The Morgan fingerprint density at radius 1 is 0.487 bits per heavy atom. The quantitative estimate of drug-likeness (QED) is 0.112. The fraction of sp³-hybridized carbons (Fsp3) is 0.657. The fourth-order valence-corrected chi connectivity index (χ4v) is 6.61. The maximum absolute atomic E-state index is 10.6. The van der Waals surface area contributed by atoms with Crippen molar-refractivity contribution in [2.45, 2.75) is 148 Å². The van der Waals surface area contributed by atoms with Crippen molar-refractivity contribution in [3.05, 3.63) is 70.8 Å². The van der Waals surface area contributed by atoms with E-state index in [1.165, 1.54) is 101 Å². The van der Waals surface area contributed by atoms with Crippen molar-refractivity contribution in [3.8, 4) is 0 Å². The van der Waals surface area contributed by atoms with Gasteiger partial charge in [-0.25, -0.2) is 0 Å². The summed E-state index contributed by atoms with van der Waals surface area (Å²) in [5.74, 6) is 0. The zero-order valence-electron chi connectivity index (χ0n) is 25.7. The fourth-order valence-electron chi connectivity index (χ4n) is 5.76. The second-order valence-corrected chi connectivity index (χ2v) is 14.6. The molecule has 39 heavy (non-hydrogen) atoms. The molecule has 3 nitrogen and oxygen atoms in total. The Kier molecular flexibility index (Phi) is 14.7. The lowest BCUT2D eigenvalue weighted by molar-refractivity contribution is 0.257. The Labute approximate surface area is 241 Å². The molecule has 0 spiro atoms. The predicted octanol–water partition coefficient (Wildman–Crippen LogP) is 10.1. The van der Waals surface area contributed by atoms with E-state index < -0.39 is 18.5 Å².